The first-order valence-corrected chi connectivity index (χ1v) is 10.1. The number of methoxy groups -OCH3 is 3. The van der Waals surface area contributed by atoms with Crippen LogP contribution in [0.1, 0.15) is 57.7 Å². The Kier molecular flexibility index (Phi) is 7.59. The predicted molar refractivity (Wildman–Crippen MR) is 121 cm³/mol. The van der Waals surface area contributed by atoms with Gasteiger partial charge in [-0.3, -0.25) is 4.79 Å². The fraction of sp³-hybridized carbons (Fsp3) is 0.458. The zero-order valence-corrected chi connectivity index (χ0v) is 19.3. The molecule has 0 bridgehead atoms. The number of hydrogen-bond donors (Lipinski definition) is 2. The van der Waals surface area contributed by atoms with Crippen LogP contribution in [0.25, 0.3) is 0 Å². The summed E-state index contributed by atoms with van der Waals surface area (Å²) in [4.78, 5) is 13.2. The van der Waals surface area contributed by atoms with E-state index in [4.69, 9.17) is 14.2 Å². The Morgan fingerprint density at radius 1 is 0.867 bits per heavy atom. The third-order valence-electron chi connectivity index (χ3n) is 4.67. The molecule has 2 aromatic rings. The van der Waals surface area contributed by atoms with Crippen molar-refractivity contribution in [1.82, 2.24) is 5.32 Å². The minimum Gasteiger partial charge on any atom is -0.493 e. The molecule has 2 rings (SSSR count). The lowest BCUT2D eigenvalue weighted by atomic mass is 10.0. The molecule has 2 aromatic carbocycles. The van der Waals surface area contributed by atoms with Crippen molar-refractivity contribution < 1.29 is 19.0 Å². The van der Waals surface area contributed by atoms with Crippen molar-refractivity contribution >= 4 is 11.6 Å². The summed E-state index contributed by atoms with van der Waals surface area (Å²) >= 11 is 0. The van der Waals surface area contributed by atoms with E-state index in [1.807, 2.05) is 32.9 Å². The molecule has 1 unspecified atom stereocenters. The molecular weight excluding hydrogens is 380 g/mol. The predicted octanol–water partition coefficient (Wildman–Crippen LogP) is 4.90. The first-order valence-electron chi connectivity index (χ1n) is 10.1. The van der Waals surface area contributed by atoms with Gasteiger partial charge in [0.25, 0.3) is 0 Å². The number of carbonyl (C=O) groups excluding carboxylic acids is 1. The molecule has 0 aliphatic carbocycles. The maximum atomic E-state index is 13.2. The van der Waals surface area contributed by atoms with E-state index in [1.165, 1.54) is 5.56 Å². The van der Waals surface area contributed by atoms with Gasteiger partial charge in [0.2, 0.25) is 11.7 Å². The Morgan fingerprint density at radius 3 is 1.80 bits per heavy atom. The van der Waals surface area contributed by atoms with Crippen LogP contribution >= 0.6 is 0 Å². The van der Waals surface area contributed by atoms with E-state index in [0.717, 1.165) is 5.69 Å². The van der Waals surface area contributed by atoms with Crippen LogP contribution in [0, 0.1) is 0 Å². The summed E-state index contributed by atoms with van der Waals surface area (Å²) in [5.74, 6) is 1.77. The van der Waals surface area contributed by atoms with Gasteiger partial charge in [-0.25, -0.2) is 0 Å². The summed E-state index contributed by atoms with van der Waals surface area (Å²) in [7, 11) is 4.67. The summed E-state index contributed by atoms with van der Waals surface area (Å²) in [5, 5.41) is 6.42. The Balaban J connectivity index is 2.49. The quantitative estimate of drug-likeness (QED) is 0.643. The monoisotopic (exact) mass is 414 g/mol. The summed E-state index contributed by atoms with van der Waals surface area (Å²) in [6.07, 6.45) is 0. The number of ether oxygens (including phenoxy) is 3. The molecule has 0 saturated heterocycles. The average Bonchev–Trinajstić information content (AvgIpc) is 2.69. The van der Waals surface area contributed by atoms with Gasteiger partial charge >= 0.3 is 0 Å². The second-order valence-corrected chi connectivity index (χ2v) is 8.55. The fourth-order valence-corrected chi connectivity index (χ4v) is 3.14. The van der Waals surface area contributed by atoms with Gasteiger partial charge in [-0.2, -0.15) is 0 Å². The molecule has 0 radical (unpaired) electrons. The van der Waals surface area contributed by atoms with E-state index in [2.05, 4.69) is 36.6 Å². The van der Waals surface area contributed by atoms with Gasteiger partial charge in [0.1, 0.15) is 6.04 Å². The molecule has 0 heterocycles. The van der Waals surface area contributed by atoms with Crippen LogP contribution in [0.4, 0.5) is 5.69 Å². The SMILES string of the molecule is COc1cc(C(Nc2ccc(C(C)C)cc2)C(=O)NC(C)(C)C)cc(OC)c1OC. The molecule has 2 N–H and O–H groups in total. The third kappa shape index (κ3) is 5.81. The molecule has 0 aliphatic heterocycles. The van der Waals surface area contributed by atoms with Crippen molar-refractivity contribution in [2.24, 2.45) is 0 Å². The average molecular weight is 415 g/mol. The van der Waals surface area contributed by atoms with Crippen LogP contribution in [0.5, 0.6) is 17.2 Å². The van der Waals surface area contributed by atoms with Crippen molar-refractivity contribution in [1.29, 1.82) is 0 Å². The number of anilines is 1. The van der Waals surface area contributed by atoms with Gasteiger partial charge in [-0.15, -0.1) is 0 Å². The highest BCUT2D eigenvalue weighted by atomic mass is 16.5. The van der Waals surface area contributed by atoms with E-state index in [9.17, 15) is 4.79 Å². The Hall–Kier alpha value is -2.89. The molecule has 164 valence electrons. The van der Waals surface area contributed by atoms with E-state index < -0.39 is 6.04 Å². The summed E-state index contributed by atoms with van der Waals surface area (Å²) in [5.41, 5.74) is 2.42. The number of rotatable bonds is 8. The zero-order chi connectivity index (χ0) is 22.5. The molecule has 0 aromatic heterocycles. The van der Waals surface area contributed by atoms with Crippen molar-refractivity contribution in [2.75, 3.05) is 26.6 Å². The third-order valence-corrected chi connectivity index (χ3v) is 4.67. The molecule has 6 heteroatoms. The number of benzene rings is 2. The number of hydrogen-bond acceptors (Lipinski definition) is 5. The van der Waals surface area contributed by atoms with Gasteiger partial charge in [0.15, 0.2) is 11.5 Å². The summed E-state index contributed by atoms with van der Waals surface area (Å²) in [6, 6.07) is 11.1. The minimum absolute atomic E-state index is 0.148. The van der Waals surface area contributed by atoms with Crippen LogP contribution in [0.2, 0.25) is 0 Å². The van der Waals surface area contributed by atoms with Gasteiger partial charge in [0.05, 0.1) is 21.3 Å². The van der Waals surface area contributed by atoms with Crippen LogP contribution < -0.4 is 24.8 Å². The summed E-state index contributed by atoms with van der Waals surface area (Å²) < 4.78 is 16.4. The van der Waals surface area contributed by atoms with Crippen LogP contribution in [-0.4, -0.2) is 32.8 Å². The smallest absolute Gasteiger partial charge is 0.247 e. The van der Waals surface area contributed by atoms with Crippen LogP contribution in [-0.2, 0) is 4.79 Å². The van der Waals surface area contributed by atoms with Gasteiger partial charge in [0, 0.05) is 11.2 Å². The van der Waals surface area contributed by atoms with Crippen molar-refractivity contribution in [3.05, 3.63) is 47.5 Å². The molecule has 0 saturated carbocycles. The first kappa shape index (κ1) is 23.4. The zero-order valence-electron chi connectivity index (χ0n) is 19.3. The number of carbonyl (C=O) groups is 1. The minimum atomic E-state index is -0.650. The maximum absolute atomic E-state index is 13.2. The van der Waals surface area contributed by atoms with E-state index in [-0.39, 0.29) is 11.4 Å². The molecule has 0 spiro atoms. The van der Waals surface area contributed by atoms with E-state index in [0.29, 0.717) is 28.7 Å². The largest absolute Gasteiger partial charge is 0.493 e. The fourth-order valence-electron chi connectivity index (χ4n) is 3.14. The Labute approximate surface area is 179 Å². The molecular formula is C24H34N2O4. The lowest BCUT2D eigenvalue weighted by Gasteiger charge is -2.27. The Morgan fingerprint density at radius 2 is 1.40 bits per heavy atom. The molecule has 1 atom stereocenters. The molecule has 0 fully saturated rings. The Bertz CT molecular complexity index is 829. The van der Waals surface area contributed by atoms with Gasteiger partial charge in [-0.1, -0.05) is 26.0 Å². The highest BCUT2D eigenvalue weighted by Crippen LogP contribution is 2.40. The normalized spacial score (nSPS) is 12.3. The second-order valence-electron chi connectivity index (χ2n) is 8.55. The standard InChI is InChI=1S/C24H34N2O4/c1-15(2)16-9-11-18(12-10-16)25-21(23(27)26-24(3,4)5)17-13-19(28-6)22(30-8)20(14-17)29-7/h9-15,21,25H,1-8H3,(H,26,27). The number of nitrogens with one attached hydrogen (secondary N) is 2. The highest BCUT2D eigenvalue weighted by Gasteiger charge is 2.27. The van der Waals surface area contributed by atoms with Gasteiger partial charge in [-0.05, 0) is 62.1 Å². The molecule has 1 amide bonds. The topological polar surface area (TPSA) is 68.8 Å². The van der Waals surface area contributed by atoms with Crippen molar-refractivity contribution in [3.8, 4) is 17.2 Å². The highest BCUT2D eigenvalue weighted by molar-refractivity contribution is 5.87. The van der Waals surface area contributed by atoms with Crippen LogP contribution in [0.15, 0.2) is 36.4 Å². The first-order chi connectivity index (χ1) is 14.1. The van der Waals surface area contributed by atoms with Crippen LogP contribution in [0.3, 0.4) is 0 Å². The van der Waals surface area contributed by atoms with Crippen molar-refractivity contribution in [2.45, 2.75) is 52.1 Å². The second kappa shape index (κ2) is 9.74. The molecule has 0 aliphatic rings. The summed E-state index contributed by atoms with van der Waals surface area (Å²) in [6.45, 7) is 10.2. The van der Waals surface area contributed by atoms with Gasteiger partial charge < -0.3 is 24.8 Å². The van der Waals surface area contributed by atoms with E-state index >= 15 is 0 Å². The molecule has 6 nitrogen and oxygen atoms in total. The van der Waals surface area contributed by atoms with E-state index in [1.54, 1.807) is 33.5 Å². The maximum Gasteiger partial charge on any atom is 0.247 e. The lowest BCUT2D eigenvalue weighted by molar-refractivity contribution is -0.123. The lowest BCUT2D eigenvalue weighted by Crippen LogP contribution is -2.44. The number of amides is 1. The van der Waals surface area contributed by atoms with Crippen molar-refractivity contribution in [3.63, 3.8) is 0 Å². The molecule has 30 heavy (non-hydrogen) atoms.